The summed E-state index contributed by atoms with van der Waals surface area (Å²) in [6.07, 6.45) is 0. The van der Waals surface area contributed by atoms with Crippen LogP contribution in [0.5, 0.6) is 5.75 Å². The third-order valence-corrected chi connectivity index (χ3v) is 5.31. The van der Waals surface area contributed by atoms with E-state index in [-0.39, 0.29) is 24.7 Å². The summed E-state index contributed by atoms with van der Waals surface area (Å²) in [7, 11) is -3.28. The van der Waals surface area contributed by atoms with Gasteiger partial charge >= 0.3 is 0 Å². The fraction of sp³-hybridized carbons (Fsp3) is 0.467. The number of aliphatic hydroxyl groups is 1. The van der Waals surface area contributed by atoms with Crippen molar-refractivity contribution in [2.24, 2.45) is 0 Å². The number of halogens is 1. The van der Waals surface area contributed by atoms with Gasteiger partial charge in [-0.25, -0.2) is 12.8 Å². The molecule has 21 heavy (non-hydrogen) atoms. The van der Waals surface area contributed by atoms with Crippen LogP contribution in [0.25, 0.3) is 0 Å². The molecule has 0 saturated heterocycles. The van der Waals surface area contributed by atoms with Crippen molar-refractivity contribution in [3.05, 3.63) is 29.6 Å². The number of aliphatic hydroxyl groups excluding tert-OH is 1. The molecule has 0 aliphatic heterocycles. The molecule has 0 unspecified atom stereocenters. The van der Waals surface area contributed by atoms with E-state index in [2.05, 4.69) is 11.8 Å². The third kappa shape index (κ3) is 5.37. The minimum Gasteiger partial charge on any atom is -0.492 e. The van der Waals surface area contributed by atoms with Crippen LogP contribution in [0.15, 0.2) is 18.2 Å². The highest BCUT2D eigenvalue weighted by Crippen LogP contribution is 2.18. The Morgan fingerprint density at radius 2 is 1.95 bits per heavy atom. The van der Waals surface area contributed by atoms with Crippen molar-refractivity contribution < 1.29 is 22.7 Å². The molecule has 0 saturated carbocycles. The number of benzene rings is 1. The fourth-order valence-electron chi connectivity index (χ4n) is 1.44. The molecule has 1 aromatic rings. The molecule has 1 N–H and O–H groups in total. The summed E-state index contributed by atoms with van der Waals surface area (Å²) < 4.78 is 41.6. The van der Waals surface area contributed by atoms with Crippen LogP contribution in [0, 0.1) is 17.7 Å². The van der Waals surface area contributed by atoms with Gasteiger partial charge in [-0.3, -0.25) is 0 Å². The van der Waals surface area contributed by atoms with E-state index in [1.54, 1.807) is 20.8 Å². The van der Waals surface area contributed by atoms with E-state index >= 15 is 0 Å². The Bertz CT molecular complexity index is 648. The minimum absolute atomic E-state index is 0.0596. The van der Waals surface area contributed by atoms with E-state index in [0.29, 0.717) is 5.56 Å². The van der Waals surface area contributed by atoms with Gasteiger partial charge in [-0.15, -0.1) is 0 Å². The first-order valence-corrected chi connectivity index (χ1v) is 8.06. The maximum absolute atomic E-state index is 13.4. The number of hydrogen-bond donors (Lipinski definition) is 1. The van der Waals surface area contributed by atoms with Crippen LogP contribution in [0.3, 0.4) is 0 Å². The molecule has 0 bridgehead atoms. The van der Waals surface area contributed by atoms with Gasteiger partial charge < -0.3 is 9.84 Å². The summed E-state index contributed by atoms with van der Waals surface area (Å²) in [6, 6.07) is 3.87. The van der Waals surface area contributed by atoms with E-state index in [9.17, 15) is 12.8 Å². The van der Waals surface area contributed by atoms with E-state index in [4.69, 9.17) is 9.84 Å². The molecule has 116 valence electrons. The average Bonchev–Trinajstić information content (AvgIpc) is 2.34. The Morgan fingerprint density at radius 1 is 1.29 bits per heavy atom. The molecular formula is C15H19FO4S. The van der Waals surface area contributed by atoms with Gasteiger partial charge in [-0.2, -0.15) is 0 Å². The van der Waals surface area contributed by atoms with Gasteiger partial charge in [0, 0.05) is 11.6 Å². The molecule has 1 rings (SSSR count). The third-order valence-electron chi connectivity index (χ3n) is 2.74. The second-order valence-electron chi connectivity index (χ2n) is 5.42. The van der Waals surface area contributed by atoms with E-state index in [1.807, 2.05) is 0 Å². The van der Waals surface area contributed by atoms with E-state index in [0.717, 1.165) is 6.07 Å². The Balaban J connectivity index is 2.75. The second-order valence-corrected chi connectivity index (χ2v) is 8.28. The molecule has 0 spiro atoms. The molecule has 0 heterocycles. The van der Waals surface area contributed by atoms with Gasteiger partial charge in [0.2, 0.25) is 0 Å². The molecule has 0 aliphatic carbocycles. The molecular weight excluding hydrogens is 295 g/mol. The number of sulfone groups is 1. The van der Waals surface area contributed by atoms with Crippen molar-refractivity contribution >= 4 is 9.84 Å². The molecule has 0 aromatic heterocycles. The Morgan fingerprint density at radius 3 is 2.52 bits per heavy atom. The standard InChI is InChI=1S/C15H19FO4S/c1-15(2,3)21(18,19)8-7-20-14-10-12(5-4-6-17)9-13(16)11-14/h9-11,17H,6-8H2,1-3H3. The lowest BCUT2D eigenvalue weighted by Crippen LogP contribution is -2.32. The van der Waals surface area contributed by atoms with Crippen LogP contribution in [-0.2, 0) is 9.84 Å². The molecule has 0 amide bonds. The summed E-state index contributed by atoms with van der Waals surface area (Å²) >= 11 is 0. The highest BCUT2D eigenvalue weighted by Gasteiger charge is 2.28. The van der Waals surface area contributed by atoms with Crippen molar-refractivity contribution in [3.8, 4) is 17.6 Å². The van der Waals surface area contributed by atoms with Crippen molar-refractivity contribution in [1.82, 2.24) is 0 Å². The zero-order valence-electron chi connectivity index (χ0n) is 12.3. The second kappa shape index (κ2) is 6.92. The molecule has 0 fully saturated rings. The average molecular weight is 314 g/mol. The van der Waals surface area contributed by atoms with Crippen LogP contribution in [0.1, 0.15) is 26.3 Å². The van der Waals surface area contributed by atoms with Crippen LogP contribution in [0.4, 0.5) is 4.39 Å². The van der Waals surface area contributed by atoms with Crippen molar-refractivity contribution in [3.63, 3.8) is 0 Å². The molecule has 1 aromatic carbocycles. The molecule has 0 aliphatic rings. The van der Waals surface area contributed by atoms with E-state index in [1.165, 1.54) is 12.1 Å². The summed E-state index contributed by atoms with van der Waals surface area (Å²) in [5.74, 6) is 4.50. The maximum atomic E-state index is 13.4. The predicted octanol–water partition coefficient (Wildman–Crippen LogP) is 1.76. The zero-order valence-corrected chi connectivity index (χ0v) is 13.1. The summed E-state index contributed by atoms with van der Waals surface area (Å²) in [6.45, 7) is 4.47. The van der Waals surface area contributed by atoms with Crippen LogP contribution >= 0.6 is 0 Å². The van der Waals surface area contributed by atoms with Gasteiger partial charge in [0.05, 0.1) is 10.5 Å². The lowest BCUT2D eigenvalue weighted by molar-refractivity contribution is 0.337. The zero-order chi connectivity index (χ0) is 16.1. The van der Waals surface area contributed by atoms with Gasteiger partial charge in [0.1, 0.15) is 24.8 Å². The molecule has 0 atom stereocenters. The smallest absolute Gasteiger partial charge is 0.158 e. The summed E-state index contributed by atoms with van der Waals surface area (Å²) in [5.41, 5.74) is 0.359. The molecule has 4 nitrogen and oxygen atoms in total. The quantitative estimate of drug-likeness (QED) is 0.860. The topological polar surface area (TPSA) is 63.6 Å². The predicted molar refractivity (Wildman–Crippen MR) is 79.4 cm³/mol. The number of rotatable bonds is 4. The molecule has 0 radical (unpaired) electrons. The van der Waals surface area contributed by atoms with Crippen molar-refractivity contribution in [1.29, 1.82) is 0 Å². The highest BCUT2D eigenvalue weighted by atomic mass is 32.2. The first kappa shape index (κ1) is 17.5. The Hall–Kier alpha value is -1.58. The van der Waals surface area contributed by atoms with Gasteiger partial charge in [0.25, 0.3) is 0 Å². The SMILES string of the molecule is CC(C)(C)S(=O)(=O)CCOc1cc(F)cc(C#CCO)c1. The lowest BCUT2D eigenvalue weighted by Gasteiger charge is -2.19. The molecule has 6 heteroatoms. The summed E-state index contributed by atoms with van der Waals surface area (Å²) in [4.78, 5) is 0. The highest BCUT2D eigenvalue weighted by molar-refractivity contribution is 7.92. The number of hydrogen-bond acceptors (Lipinski definition) is 4. The monoisotopic (exact) mass is 314 g/mol. The van der Waals surface area contributed by atoms with Gasteiger partial charge in [-0.05, 0) is 32.9 Å². The lowest BCUT2D eigenvalue weighted by atomic mass is 10.2. The maximum Gasteiger partial charge on any atom is 0.158 e. The Labute approximate surface area is 124 Å². The van der Waals surface area contributed by atoms with Gasteiger partial charge in [0.15, 0.2) is 9.84 Å². The minimum atomic E-state index is -3.28. The van der Waals surface area contributed by atoms with Gasteiger partial charge in [-0.1, -0.05) is 11.8 Å². The Kier molecular flexibility index (Phi) is 5.76. The summed E-state index contributed by atoms with van der Waals surface area (Å²) in [5, 5.41) is 8.61. The van der Waals surface area contributed by atoms with Crippen LogP contribution in [-0.4, -0.2) is 37.2 Å². The van der Waals surface area contributed by atoms with Crippen LogP contribution in [0.2, 0.25) is 0 Å². The van der Waals surface area contributed by atoms with Crippen molar-refractivity contribution in [2.45, 2.75) is 25.5 Å². The largest absolute Gasteiger partial charge is 0.492 e. The van der Waals surface area contributed by atoms with E-state index < -0.39 is 20.4 Å². The fourth-order valence-corrected chi connectivity index (χ4v) is 2.35. The van der Waals surface area contributed by atoms with Crippen LogP contribution < -0.4 is 4.74 Å². The number of ether oxygens (including phenoxy) is 1. The first-order chi connectivity index (χ1) is 9.65. The van der Waals surface area contributed by atoms with Crippen molar-refractivity contribution in [2.75, 3.05) is 19.0 Å². The normalized spacial score (nSPS) is 11.7. The first-order valence-electron chi connectivity index (χ1n) is 6.41.